The van der Waals surface area contributed by atoms with Crippen LogP contribution in [-0.2, 0) is 4.79 Å². The van der Waals surface area contributed by atoms with E-state index in [4.69, 9.17) is 10.2 Å². The third-order valence-corrected chi connectivity index (χ3v) is 1.39. The van der Waals surface area contributed by atoms with E-state index in [-0.39, 0.29) is 6.42 Å². The number of hydrogen-bond acceptors (Lipinski definition) is 3. The molecule has 1 atom stereocenters. The summed E-state index contributed by atoms with van der Waals surface area (Å²) in [4.78, 5) is 10.1. The van der Waals surface area contributed by atoms with Crippen molar-refractivity contribution < 1.29 is 15.0 Å². The van der Waals surface area contributed by atoms with Crippen LogP contribution < -0.4 is 5.32 Å². The van der Waals surface area contributed by atoms with Gasteiger partial charge in [0.15, 0.2) is 0 Å². The predicted molar refractivity (Wildman–Crippen MR) is 49.2 cm³/mol. The van der Waals surface area contributed by atoms with Gasteiger partial charge >= 0.3 is 5.97 Å². The summed E-state index contributed by atoms with van der Waals surface area (Å²) >= 11 is 0. The molecule has 0 saturated heterocycles. The van der Waals surface area contributed by atoms with E-state index in [9.17, 15) is 4.79 Å². The Morgan fingerprint density at radius 3 is 2.85 bits per heavy atom. The second kappa shape index (κ2) is 7.59. The number of carbonyl (C=O) groups is 1. The second-order valence-electron chi connectivity index (χ2n) is 2.63. The second-order valence-corrected chi connectivity index (χ2v) is 2.63. The maximum Gasteiger partial charge on any atom is 0.306 e. The van der Waals surface area contributed by atoms with Gasteiger partial charge in [-0.25, -0.2) is 0 Å². The van der Waals surface area contributed by atoms with Crippen LogP contribution in [0.4, 0.5) is 0 Å². The highest BCUT2D eigenvalue weighted by Gasteiger charge is 2.07. The molecule has 1 unspecified atom stereocenters. The monoisotopic (exact) mass is 185 g/mol. The van der Waals surface area contributed by atoms with Crippen LogP contribution in [0, 0.1) is 11.8 Å². The summed E-state index contributed by atoms with van der Waals surface area (Å²) in [5.41, 5.74) is 0. The Hall–Kier alpha value is -1.05. The molecule has 0 fully saturated rings. The number of nitrogens with one attached hydrogen (secondary N) is 1. The molecule has 0 spiro atoms. The zero-order valence-electron chi connectivity index (χ0n) is 7.71. The van der Waals surface area contributed by atoms with Crippen molar-refractivity contribution in [3.8, 4) is 11.8 Å². The molecule has 4 heteroatoms. The molecule has 0 heterocycles. The Bertz CT molecular complexity index is 205. The van der Waals surface area contributed by atoms with Crippen molar-refractivity contribution in [1.29, 1.82) is 0 Å². The molecule has 4 nitrogen and oxygen atoms in total. The maximum absolute atomic E-state index is 10.1. The Balaban J connectivity index is 3.29. The van der Waals surface area contributed by atoms with Crippen molar-refractivity contribution in [3.05, 3.63) is 0 Å². The number of hydrogen-bond donors (Lipinski definition) is 3. The van der Waals surface area contributed by atoms with Gasteiger partial charge in [0.1, 0.15) is 0 Å². The number of carboxylic acid groups (broad SMARTS) is 1. The first kappa shape index (κ1) is 11.9. The van der Waals surface area contributed by atoms with Crippen molar-refractivity contribution in [3.63, 3.8) is 0 Å². The fraction of sp³-hybridized carbons (Fsp3) is 0.667. The molecule has 0 rings (SSSR count). The van der Waals surface area contributed by atoms with E-state index in [1.54, 1.807) is 6.92 Å². The van der Waals surface area contributed by atoms with Gasteiger partial charge in [0, 0.05) is 19.5 Å². The average molecular weight is 185 g/mol. The van der Waals surface area contributed by atoms with E-state index in [1.165, 1.54) is 0 Å². The molecule has 0 bridgehead atoms. The summed E-state index contributed by atoms with van der Waals surface area (Å²) in [5, 5.41) is 20.3. The van der Waals surface area contributed by atoms with Crippen LogP contribution in [0.2, 0.25) is 0 Å². The standard InChI is InChI=1S/C9H15NO3/c1-2-3-4-5-10-7-8(11)6-9(12)13/h8,10-11H,4-7H2,1H3,(H,12,13). The van der Waals surface area contributed by atoms with Gasteiger partial charge in [-0.05, 0) is 6.92 Å². The molecular weight excluding hydrogens is 170 g/mol. The first-order valence-corrected chi connectivity index (χ1v) is 4.17. The highest BCUT2D eigenvalue weighted by Crippen LogP contribution is 1.88. The van der Waals surface area contributed by atoms with E-state index < -0.39 is 12.1 Å². The molecule has 13 heavy (non-hydrogen) atoms. The van der Waals surface area contributed by atoms with Crippen molar-refractivity contribution in [2.45, 2.75) is 25.9 Å². The SMILES string of the molecule is CC#CCCNCC(O)CC(=O)O. The van der Waals surface area contributed by atoms with Gasteiger partial charge in [-0.2, -0.15) is 0 Å². The Labute approximate surface area is 78.0 Å². The smallest absolute Gasteiger partial charge is 0.306 e. The summed E-state index contributed by atoms with van der Waals surface area (Å²) in [7, 11) is 0. The van der Waals surface area contributed by atoms with Gasteiger partial charge < -0.3 is 15.5 Å². The fourth-order valence-electron chi connectivity index (χ4n) is 0.818. The Kier molecular flexibility index (Phi) is 6.98. The molecule has 0 aromatic heterocycles. The van der Waals surface area contributed by atoms with Crippen LogP contribution >= 0.6 is 0 Å². The highest BCUT2D eigenvalue weighted by atomic mass is 16.4. The molecule has 3 N–H and O–H groups in total. The van der Waals surface area contributed by atoms with E-state index in [0.717, 1.165) is 6.42 Å². The zero-order valence-corrected chi connectivity index (χ0v) is 7.71. The van der Waals surface area contributed by atoms with Crippen LogP contribution in [0.15, 0.2) is 0 Å². The van der Waals surface area contributed by atoms with E-state index in [1.807, 2.05) is 0 Å². The van der Waals surface area contributed by atoms with Crippen LogP contribution in [-0.4, -0.2) is 35.4 Å². The van der Waals surface area contributed by atoms with Gasteiger partial charge in [0.05, 0.1) is 12.5 Å². The number of rotatable bonds is 6. The third-order valence-electron chi connectivity index (χ3n) is 1.39. The largest absolute Gasteiger partial charge is 0.481 e. The summed E-state index contributed by atoms with van der Waals surface area (Å²) in [6, 6.07) is 0. The predicted octanol–water partition coefficient (Wildman–Crippen LogP) is -0.175. The number of aliphatic hydroxyl groups excluding tert-OH is 1. The van der Waals surface area contributed by atoms with E-state index in [2.05, 4.69) is 17.2 Å². The van der Waals surface area contributed by atoms with Crippen LogP contribution in [0.25, 0.3) is 0 Å². The molecular formula is C9H15NO3. The molecule has 0 aromatic carbocycles. The first-order valence-electron chi connectivity index (χ1n) is 4.17. The third kappa shape index (κ3) is 8.86. The lowest BCUT2D eigenvalue weighted by atomic mass is 10.2. The van der Waals surface area contributed by atoms with Gasteiger partial charge in [-0.1, -0.05) is 0 Å². The number of carboxylic acids is 1. The topological polar surface area (TPSA) is 69.6 Å². The normalized spacial score (nSPS) is 11.5. The summed E-state index contributed by atoms with van der Waals surface area (Å²) in [5.74, 6) is 4.61. The quantitative estimate of drug-likeness (QED) is 0.397. The lowest BCUT2D eigenvalue weighted by Crippen LogP contribution is -2.29. The lowest BCUT2D eigenvalue weighted by Gasteiger charge is -2.07. The van der Waals surface area contributed by atoms with Gasteiger partial charge in [-0.3, -0.25) is 4.79 Å². The highest BCUT2D eigenvalue weighted by molar-refractivity contribution is 5.67. The Morgan fingerprint density at radius 2 is 2.31 bits per heavy atom. The number of aliphatic carboxylic acids is 1. The summed E-state index contributed by atoms with van der Waals surface area (Å²) in [6.45, 7) is 2.74. The molecule has 0 saturated carbocycles. The molecule has 0 radical (unpaired) electrons. The molecule has 0 aromatic rings. The van der Waals surface area contributed by atoms with Crippen LogP contribution in [0.1, 0.15) is 19.8 Å². The van der Waals surface area contributed by atoms with Crippen molar-refractivity contribution in [1.82, 2.24) is 5.32 Å². The van der Waals surface area contributed by atoms with Gasteiger partial charge in [0.25, 0.3) is 0 Å². The van der Waals surface area contributed by atoms with Crippen molar-refractivity contribution in [2.24, 2.45) is 0 Å². The van der Waals surface area contributed by atoms with E-state index >= 15 is 0 Å². The first-order chi connectivity index (χ1) is 6.16. The minimum absolute atomic E-state index is 0.216. The fourth-order valence-corrected chi connectivity index (χ4v) is 0.818. The van der Waals surface area contributed by atoms with Crippen molar-refractivity contribution >= 4 is 5.97 Å². The lowest BCUT2D eigenvalue weighted by molar-refractivity contribution is -0.139. The number of aliphatic hydroxyl groups is 1. The average Bonchev–Trinajstić information content (AvgIpc) is 2.02. The molecule has 0 aliphatic carbocycles. The zero-order chi connectivity index (χ0) is 10.1. The van der Waals surface area contributed by atoms with Crippen molar-refractivity contribution in [2.75, 3.05) is 13.1 Å². The molecule has 0 aliphatic heterocycles. The molecule has 0 aliphatic rings. The maximum atomic E-state index is 10.1. The summed E-state index contributed by atoms with van der Waals surface area (Å²) in [6.07, 6.45) is -0.310. The van der Waals surface area contributed by atoms with E-state index in [0.29, 0.717) is 13.1 Å². The minimum Gasteiger partial charge on any atom is -0.481 e. The van der Waals surface area contributed by atoms with Gasteiger partial charge in [-0.15, -0.1) is 11.8 Å². The Morgan fingerprint density at radius 1 is 1.62 bits per heavy atom. The minimum atomic E-state index is -0.984. The summed E-state index contributed by atoms with van der Waals surface area (Å²) < 4.78 is 0. The van der Waals surface area contributed by atoms with Crippen LogP contribution in [0.3, 0.4) is 0 Å². The van der Waals surface area contributed by atoms with Gasteiger partial charge in [0.2, 0.25) is 0 Å². The van der Waals surface area contributed by atoms with Crippen LogP contribution in [0.5, 0.6) is 0 Å². The molecule has 0 amide bonds. The molecule has 74 valence electrons.